The lowest BCUT2D eigenvalue weighted by Crippen LogP contribution is -2.17. The van der Waals surface area contributed by atoms with E-state index in [2.05, 4.69) is 24.5 Å². The van der Waals surface area contributed by atoms with Gasteiger partial charge in [-0.25, -0.2) is 0 Å². The molecule has 0 saturated carbocycles. The van der Waals surface area contributed by atoms with Crippen LogP contribution in [0.25, 0.3) is 22.3 Å². The summed E-state index contributed by atoms with van der Waals surface area (Å²) in [6, 6.07) is 15.5. The van der Waals surface area contributed by atoms with Gasteiger partial charge < -0.3 is 39.1 Å². The molecule has 0 fully saturated rings. The Morgan fingerprint density at radius 1 is 0.559 bits per heavy atom. The third-order valence-corrected chi connectivity index (χ3v) is 11.7. The molecule has 324 valence electrons. The number of hydrogen-bond donors (Lipinski definition) is 2. The van der Waals surface area contributed by atoms with Crippen molar-refractivity contribution in [2.24, 2.45) is 0 Å². The zero-order valence-corrected chi connectivity index (χ0v) is 37.0. The summed E-state index contributed by atoms with van der Waals surface area (Å²) in [4.78, 5) is 26.8. The van der Waals surface area contributed by atoms with Crippen molar-refractivity contribution in [2.45, 2.75) is 82.7 Å². The molecule has 0 spiro atoms. The number of aryl methyl sites for hydroxylation is 2. The van der Waals surface area contributed by atoms with Gasteiger partial charge in [-0.15, -0.1) is 23.5 Å². The van der Waals surface area contributed by atoms with Gasteiger partial charge in [0, 0.05) is 23.2 Å². The molecule has 2 aliphatic rings. The van der Waals surface area contributed by atoms with Gasteiger partial charge in [0.2, 0.25) is 11.5 Å². The van der Waals surface area contributed by atoms with Crippen LogP contribution < -0.4 is 49.9 Å². The summed E-state index contributed by atoms with van der Waals surface area (Å²) in [5, 5.41) is 6.72. The van der Waals surface area contributed by atoms with E-state index in [1.807, 2.05) is 63.0 Å². The second-order valence-electron chi connectivity index (χ2n) is 13.4. The molecule has 10 nitrogen and oxygen atoms in total. The van der Waals surface area contributed by atoms with Crippen LogP contribution in [-0.2, 0) is 12.8 Å². The molecular formula is C47H66N2O8S2. The normalized spacial score (nSPS) is 14.4. The van der Waals surface area contributed by atoms with Crippen LogP contribution in [0.2, 0.25) is 0 Å². The summed E-state index contributed by atoms with van der Waals surface area (Å²) in [5.41, 5.74) is 8.16. The summed E-state index contributed by atoms with van der Waals surface area (Å²) in [6.07, 6.45) is 8.49. The van der Waals surface area contributed by atoms with Crippen molar-refractivity contribution in [2.75, 3.05) is 69.3 Å². The number of fused-ring (bicyclic) bond motifs is 6. The molecule has 4 aromatic rings. The molecule has 12 heteroatoms. The lowest BCUT2D eigenvalue weighted by molar-refractivity contribution is 0.324. The van der Waals surface area contributed by atoms with Gasteiger partial charge in [-0.3, -0.25) is 9.59 Å². The van der Waals surface area contributed by atoms with Crippen molar-refractivity contribution >= 4 is 23.5 Å². The van der Waals surface area contributed by atoms with Crippen LogP contribution in [0.4, 0.5) is 0 Å². The molecule has 0 aliphatic heterocycles. The Kier molecular flexibility index (Phi) is 20.7. The first-order chi connectivity index (χ1) is 27.6. The second-order valence-corrected chi connectivity index (χ2v) is 15.1. The monoisotopic (exact) mass is 850 g/mol. The van der Waals surface area contributed by atoms with Crippen LogP contribution >= 0.6 is 23.5 Å². The quantitative estimate of drug-likeness (QED) is 0.148. The third-order valence-electron chi connectivity index (χ3n) is 10.1. The summed E-state index contributed by atoms with van der Waals surface area (Å²) >= 11 is 2.92. The molecule has 59 heavy (non-hydrogen) atoms. The number of nitrogens with one attached hydrogen (secondary N) is 2. The Bertz CT molecular complexity index is 2000. The number of rotatable bonds is 10. The maximum atomic E-state index is 12.7. The predicted octanol–water partition coefficient (Wildman–Crippen LogP) is 10.0. The van der Waals surface area contributed by atoms with E-state index >= 15 is 0 Å². The van der Waals surface area contributed by atoms with Crippen LogP contribution in [-0.4, -0.2) is 69.3 Å². The van der Waals surface area contributed by atoms with Crippen molar-refractivity contribution in [3.8, 4) is 56.8 Å². The van der Waals surface area contributed by atoms with Crippen molar-refractivity contribution < 1.29 is 28.4 Å². The fourth-order valence-electron chi connectivity index (χ4n) is 7.53. The Balaban J connectivity index is 0.000000370. The van der Waals surface area contributed by atoms with Crippen molar-refractivity contribution in [1.82, 2.24) is 10.6 Å². The zero-order valence-electron chi connectivity index (χ0n) is 35.4. The maximum absolute atomic E-state index is 12.7. The summed E-state index contributed by atoms with van der Waals surface area (Å²) in [7, 11) is 13.6. The summed E-state index contributed by atoms with van der Waals surface area (Å²) in [5.74, 6) is 3.68. The van der Waals surface area contributed by atoms with E-state index in [-0.39, 0.29) is 37.8 Å². The highest BCUT2D eigenvalue weighted by atomic mass is 32.2. The average Bonchev–Trinajstić information content (AvgIpc) is 3.63. The standard InChI is InChI=1S/2C21H25NO4S.C3H8.2CH4/c2*1-22-15-8-6-12-10-17(24-2)20(25-3)21(26-4)19(12)13-7-9-18(27-5)16(23)11-14(13)15;1-3-2;;/h2*7,9-11,15,22H,6,8H2,1-5H3;3H2,1-2H3;2*1H4/t2*15-;;;/m00.../s1. The van der Waals surface area contributed by atoms with E-state index < -0.39 is 0 Å². The van der Waals surface area contributed by atoms with Crippen LogP contribution in [0.1, 0.15) is 82.3 Å². The van der Waals surface area contributed by atoms with Crippen molar-refractivity contribution in [1.29, 1.82) is 0 Å². The highest BCUT2D eigenvalue weighted by molar-refractivity contribution is 7.98. The molecule has 2 aliphatic carbocycles. The van der Waals surface area contributed by atoms with Gasteiger partial charge in [0.1, 0.15) is 0 Å². The van der Waals surface area contributed by atoms with Crippen LogP contribution in [0.15, 0.2) is 67.9 Å². The molecule has 6 rings (SSSR count). The van der Waals surface area contributed by atoms with E-state index in [0.29, 0.717) is 34.5 Å². The molecule has 0 amide bonds. The van der Waals surface area contributed by atoms with Gasteiger partial charge in [0.05, 0.1) is 52.4 Å². The molecule has 4 aromatic carbocycles. The van der Waals surface area contributed by atoms with Gasteiger partial charge in [-0.05, 0) is 122 Å². The highest BCUT2D eigenvalue weighted by Gasteiger charge is 2.30. The molecule has 2 N–H and O–H groups in total. The predicted molar refractivity (Wildman–Crippen MR) is 249 cm³/mol. The maximum Gasteiger partial charge on any atom is 0.203 e. The Morgan fingerprint density at radius 2 is 0.898 bits per heavy atom. The first-order valence-electron chi connectivity index (χ1n) is 19.0. The number of benzene rings is 2. The molecule has 0 heterocycles. The van der Waals surface area contributed by atoms with Gasteiger partial charge in [0.25, 0.3) is 0 Å². The Morgan fingerprint density at radius 3 is 1.17 bits per heavy atom. The lowest BCUT2D eigenvalue weighted by atomic mass is 9.95. The number of hydrogen-bond acceptors (Lipinski definition) is 12. The van der Waals surface area contributed by atoms with E-state index in [0.717, 1.165) is 80.0 Å². The minimum absolute atomic E-state index is 0. The fourth-order valence-corrected chi connectivity index (χ4v) is 8.46. The molecule has 0 aromatic heterocycles. The highest BCUT2D eigenvalue weighted by Crippen LogP contribution is 2.51. The SMILES string of the molecule is C.C.CCC.CN[C@H]1CCc2cc(OC)c(OC)c(OC)c2-c2ccc(SC)c(=O)cc21.CN[C@H]1CCc2cc(OC)c(OC)c(OC)c2-c2ccc(SC)c(=O)cc21. The van der Waals surface area contributed by atoms with E-state index in [4.69, 9.17) is 28.4 Å². The fraction of sp³-hybridized carbons (Fsp3) is 0.447. The zero-order chi connectivity index (χ0) is 41.8. The third kappa shape index (κ3) is 10.7. The second kappa shape index (κ2) is 24.0. The van der Waals surface area contributed by atoms with E-state index in [9.17, 15) is 9.59 Å². The molecule has 0 bridgehead atoms. The van der Waals surface area contributed by atoms with Gasteiger partial charge in [-0.1, -0.05) is 47.3 Å². The first kappa shape index (κ1) is 50.8. The topological polar surface area (TPSA) is 114 Å². The number of methoxy groups -OCH3 is 6. The van der Waals surface area contributed by atoms with Crippen LogP contribution in [0.3, 0.4) is 0 Å². The van der Waals surface area contributed by atoms with Gasteiger partial charge in [0.15, 0.2) is 33.9 Å². The minimum atomic E-state index is 0. The Labute approximate surface area is 361 Å². The molecule has 0 unspecified atom stereocenters. The number of thioether (sulfide) groups is 2. The Hall–Kier alpha value is -4.36. The van der Waals surface area contributed by atoms with Crippen molar-refractivity contribution in [3.63, 3.8) is 0 Å². The van der Waals surface area contributed by atoms with Crippen LogP contribution in [0, 0.1) is 0 Å². The lowest BCUT2D eigenvalue weighted by Gasteiger charge is -2.19. The molecule has 0 radical (unpaired) electrons. The molecular weight excluding hydrogens is 785 g/mol. The summed E-state index contributed by atoms with van der Waals surface area (Å²) < 4.78 is 33.8. The van der Waals surface area contributed by atoms with Gasteiger partial charge in [-0.2, -0.15) is 0 Å². The minimum Gasteiger partial charge on any atom is -0.493 e. The largest absolute Gasteiger partial charge is 0.493 e. The molecule has 2 atom stereocenters. The van der Waals surface area contributed by atoms with Gasteiger partial charge >= 0.3 is 0 Å². The van der Waals surface area contributed by atoms with E-state index in [1.54, 1.807) is 54.8 Å². The molecule has 0 saturated heterocycles. The van der Waals surface area contributed by atoms with E-state index in [1.165, 1.54) is 29.9 Å². The smallest absolute Gasteiger partial charge is 0.203 e. The first-order valence-corrected chi connectivity index (χ1v) is 21.5. The summed E-state index contributed by atoms with van der Waals surface area (Å²) in [6.45, 7) is 4.25. The van der Waals surface area contributed by atoms with Crippen molar-refractivity contribution in [3.05, 3.63) is 91.2 Å². The van der Waals surface area contributed by atoms with Crippen LogP contribution in [0.5, 0.6) is 34.5 Å². The number of ether oxygens (including phenoxy) is 6. The average molecular weight is 851 g/mol.